The zero-order valence-corrected chi connectivity index (χ0v) is 16.5. The highest BCUT2D eigenvalue weighted by Gasteiger charge is 2.40. The fourth-order valence-electron chi connectivity index (χ4n) is 1.77. The summed E-state index contributed by atoms with van der Waals surface area (Å²) in [5.74, 6) is -0.386. The molecule has 0 aromatic carbocycles. The van der Waals surface area contributed by atoms with Gasteiger partial charge >= 0.3 is 5.97 Å². The van der Waals surface area contributed by atoms with Crippen LogP contribution < -0.4 is 0 Å². The summed E-state index contributed by atoms with van der Waals surface area (Å²) in [4.78, 5) is 11.8. The van der Waals surface area contributed by atoms with E-state index in [-0.39, 0.29) is 16.1 Å². The van der Waals surface area contributed by atoms with E-state index in [1.165, 1.54) is 0 Å². The lowest BCUT2D eigenvalue weighted by atomic mass is 10.2. The molecule has 0 N–H and O–H groups in total. The molecule has 8 heteroatoms. The number of hydrazone groups is 1. The van der Waals surface area contributed by atoms with E-state index in [9.17, 15) is 4.79 Å². The van der Waals surface area contributed by atoms with Crippen LogP contribution in [0.15, 0.2) is 5.10 Å². The number of esters is 1. The largest absolute Gasteiger partial charge is 0.461 e. The minimum Gasteiger partial charge on any atom is -0.461 e. The molecule has 1 heterocycles. The Bertz CT molecular complexity index is 387. The van der Waals surface area contributed by atoms with Gasteiger partial charge in [-0.2, -0.15) is 5.10 Å². The summed E-state index contributed by atoms with van der Waals surface area (Å²) in [6.45, 7) is 10.1. The van der Waals surface area contributed by atoms with Crippen molar-refractivity contribution < 1.29 is 19.0 Å². The van der Waals surface area contributed by atoms with Crippen molar-refractivity contribution in [3.05, 3.63) is 0 Å². The monoisotopic (exact) mass is 428 g/mol. The number of carbonyl (C=O) groups is 1. The number of hydrogen-bond donors (Lipinski definition) is 0. The lowest BCUT2D eigenvalue weighted by Gasteiger charge is -2.24. The van der Waals surface area contributed by atoms with Gasteiger partial charge in [-0.15, -0.1) is 0 Å². The first-order chi connectivity index (χ1) is 9.80. The van der Waals surface area contributed by atoms with Crippen LogP contribution in [0.3, 0.4) is 0 Å². The van der Waals surface area contributed by atoms with Crippen molar-refractivity contribution in [2.75, 3.05) is 27.1 Å². The van der Waals surface area contributed by atoms with Crippen molar-refractivity contribution >= 4 is 42.3 Å². The molecule has 0 bridgehead atoms. The molecule has 0 radical (unpaired) electrons. The molecule has 1 aliphatic rings. The summed E-state index contributed by atoms with van der Waals surface area (Å²) in [5.41, 5.74) is 0.387. The molecule has 0 aliphatic carbocycles. The van der Waals surface area contributed by atoms with Crippen LogP contribution in [-0.4, -0.2) is 62.0 Å². The van der Waals surface area contributed by atoms with E-state index in [1.54, 1.807) is 19.0 Å². The molecule has 0 amide bonds. The summed E-state index contributed by atoms with van der Waals surface area (Å²) in [6.07, 6.45) is -0.295. The minimum atomic E-state index is -1.10. The number of rotatable bonds is 8. The molecule has 1 aliphatic heterocycles. The van der Waals surface area contributed by atoms with Crippen LogP contribution in [0.4, 0.5) is 0 Å². The molecule has 0 saturated carbocycles. The maximum absolute atomic E-state index is 11.8. The normalized spacial score (nSPS) is 22.4. The fourth-order valence-corrected chi connectivity index (χ4v) is 3.58. The molecule has 122 valence electrons. The first-order valence-corrected chi connectivity index (χ1v) is 12.0. The van der Waals surface area contributed by atoms with Gasteiger partial charge in [-0.05, 0) is 13.0 Å². The van der Waals surface area contributed by atoms with Crippen LogP contribution in [0.5, 0.6) is 0 Å². The average Bonchev–Trinajstić information content (AvgIpc) is 2.70. The number of ether oxygens (including phenoxy) is 3. The Labute approximate surface area is 141 Å². The van der Waals surface area contributed by atoms with Gasteiger partial charge in [0.1, 0.15) is 10.7 Å². The molecule has 2 atom stereocenters. The van der Waals surface area contributed by atoms with E-state index in [0.717, 1.165) is 6.04 Å². The quantitative estimate of drug-likeness (QED) is 0.195. The van der Waals surface area contributed by atoms with Crippen LogP contribution in [0, 0.1) is 0 Å². The van der Waals surface area contributed by atoms with Crippen molar-refractivity contribution in [3.8, 4) is 0 Å². The molecule has 0 spiro atoms. The first kappa shape index (κ1) is 18.9. The highest BCUT2D eigenvalue weighted by atomic mass is 127. The number of carbonyl (C=O) groups excluding carboxylic acids is 1. The van der Waals surface area contributed by atoms with Gasteiger partial charge in [0.15, 0.2) is 11.9 Å². The Morgan fingerprint density at radius 1 is 1.43 bits per heavy atom. The van der Waals surface area contributed by atoms with Gasteiger partial charge in [-0.1, -0.05) is 42.2 Å². The van der Waals surface area contributed by atoms with Crippen molar-refractivity contribution in [1.82, 2.24) is 5.01 Å². The summed E-state index contributed by atoms with van der Waals surface area (Å²) >= 11 is 2.15. The van der Waals surface area contributed by atoms with E-state index < -0.39 is 8.07 Å². The first-order valence-electron chi connectivity index (χ1n) is 7.07. The number of halogens is 1. The SMILES string of the molecule is CCOC(=O)C1=NN(COCC[Si](C)(C)C)C(OC)C1I. The van der Waals surface area contributed by atoms with E-state index in [2.05, 4.69) is 47.3 Å². The third kappa shape index (κ3) is 5.84. The number of hydrogen-bond acceptors (Lipinski definition) is 6. The molecule has 6 nitrogen and oxygen atoms in total. The maximum Gasteiger partial charge on any atom is 0.355 e. The van der Waals surface area contributed by atoms with E-state index in [0.29, 0.717) is 25.7 Å². The lowest BCUT2D eigenvalue weighted by molar-refractivity contribution is -0.135. The smallest absolute Gasteiger partial charge is 0.355 e. The van der Waals surface area contributed by atoms with Gasteiger partial charge in [-0.3, -0.25) is 0 Å². The molecule has 0 aromatic heterocycles. The molecule has 21 heavy (non-hydrogen) atoms. The van der Waals surface area contributed by atoms with Gasteiger partial charge in [0.2, 0.25) is 0 Å². The van der Waals surface area contributed by atoms with Crippen LogP contribution in [0.1, 0.15) is 6.92 Å². The third-order valence-corrected chi connectivity index (χ3v) is 5.90. The highest BCUT2D eigenvalue weighted by molar-refractivity contribution is 14.1. The summed E-state index contributed by atoms with van der Waals surface area (Å²) in [6, 6.07) is 1.10. The predicted octanol–water partition coefficient (Wildman–Crippen LogP) is 2.31. The molecular weight excluding hydrogens is 403 g/mol. The van der Waals surface area contributed by atoms with Crippen LogP contribution in [-0.2, 0) is 19.0 Å². The van der Waals surface area contributed by atoms with E-state index in [1.807, 2.05) is 0 Å². The van der Waals surface area contributed by atoms with Crippen molar-refractivity contribution in [1.29, 1.82) is 0 Å². The summed E-state index contributed by atoms with van der Waals surface area (Å²) < 4.78 is 16.0. The minimum absolute atomic E-state index is 0.160. The number of methoxy groups -OCH3 is 1. The van der Waals surface area contributed by atoms with Crippen LogP contribution in [0.2, 0.25) is 25.7 Å². The Morgan fingerprint density at radius 3 is 2.62 bits per heavy atom. The second kappa shape index (κ2) is 8.44. The van der Waals surface area contributed by atoms with Gasteiger partial charge in [-0.25, -0.2) is 9.80 Å². The number of alkyl halides is 1. The standard InChI is InChI=1S/C13H25IN2O4Si/c1-6-20-13(17)11-10(14)12(18-2)16(15-11)9-19-7-8-21(3,4)5/h10,12H,6-9H2,1-5H3. The molecular formula is C13H25IN2O4Si. The molecule has 0 aromatic rings. The second-order valence-corrected chi connectivity index (χ2v) is 13.0. The van der Waals surface area contributed by atoms with Crippen LogP contribution in [0.25, 0.3) is 0 Å². The average molecular weight is 428 g/mol. The van der Waals surface area contributed by atoms with Gasteiger partial charge < -0.3 is 14.2 Å². The maximum atomic E-state index is 11.8. The van der Waals surface area contributed by atoms with Gasteiger partial charge in [0, 0.05) is 21.8 Å². The second-order valence-electron chi connectivity index (χ2n) is 6.02. The van der Waals surface area contributed by atoms with Crippen molar-refractivity contribution in [3.63, 3.8) is 0 Å². The number of nitrogens with zero attached hydrogens (tertiary/aromatic N) is 2. The lowest BCUT2D eigenvalue weighted by Crippen LogP contribution is -2.38. The van der Waals surface area contributed by atoms with Crippen molar-refractivity contribution in [2.45, 2.75) is 42.8 Å². The Kier molecular flexibility index (Phi) is 7.58. The predicted molar refractivity (Wildman–Crippen MR) is 93.5 cm³/mol. The Hall–Kier alpha value is -0.193. The Morgan fingerprint density at radius 2 is 2.10 bits per heavy atom. The molecule has 0 fully saturated rings. The van der Waals surface area contributed by atoms with Crippen LogP contribution >= 0.6 is 22.6 Å². The fraction of sp³-hybridized carbons (Fsp3) is 0.846. The summed E-state index contributed by atoms with van der Waals surface area (Å²) in [5, 5.41) is 5.98. The van der Waals surface area contributed by atoms with E-state index >= 15 is 0 Å². The zero-order chi connectivity index (χ0) is 16.0. The van der Waals surface area contributed by atoms with Gasteiger partial charge in [0.25, 0.3) is 0 Å². The summed E-state index contributed by atoms with van der Waals surface area (Å²) in [7, 11) is 0.505. The van der Waals surface area contributed by atoms with E-state index in [4.69, 9.17) is 14.2 Å². The highest BCUT2D eigenvalue weighted by Crippen LogP contribution is 2.24. The molecule has 1 rings (SSSR count). The molecule has 2 unspecified atom stereocenters. The molecule has 0 saturated heterocycles. The van der Waals surface area contributed by atoms with Crippen molar-refractivity contribution in [2.24, 2.45) is 5.10 Å². The Balaban J connectivity index is 2.56. The third-order valence-electron chi connectivity index (χ3n) is 2.99. The van der Waals surface area contributed by atoms with Gasteiger partial charge in [0.05, 0.1) is 6.61 Å². The topological polar surface area (TPSA) is 60.4 Å². The zero-order valence-electron chi connectivity index (χ0n) is 13.4.